The maximum Gasteiger partial charge on any atom is 0.412 e. The van der Waals surface area contributed by atoms with E-state index in [1.54, 1.807) is 45.0 Å². The van der Waals surface area contributed by atoms with Crippen molar-refractivity contribution in [1.29, 1.82) is 0 Å². The number of methoxy groups -OCH3 is 1. The van der Waals surface area contributed by atoms with Gasteiger partial charge in [-0.15, -0.1) is 0 Å². The zero-order chi connectivity index (χ0) is 20.2. The zero-order valence-electron chi connectivity index (χ0n) is 15.4. The first-order valence-electron chi connectivity index (χ1n) is 8.03. The third kappa shape index (κ3) is 5.96. The van der Waals surface area contributed by atoms with Crippen molar-refractivity contribution < 1.29 is 23.5 Å². The molecule has 0 radical (unpaired) electrons. The Hall–Kier alpha value is -2.61. The Bertz CT molecular complexity index is 865. The fraction of sp³-hybridized carbons (Fsp3) is 0.263. The summed E-state index contributed by atoms with van der Waals surface area (Å²) < 4.78 is 24.9. The van der Waals surface area contributed by atoms with E-state index in [9.17, 15) is 14.0 Å². The number of hydrogen-bond donors (Lipinski definition) is 2. The summed E-state index contributed by atoms with van der Waals surface area (Å²) >= 11 is 3.33. The lowest BCUT2D eigenvalue weighted by molar-refractivity contribution is 0.0599. The van der Waals surface area contributed by atoms with Crippen molar-refractivity contribution in [2.75, 3.05) is 17.7 Å². The van der Waals surface area contributed by atoms with Crippen LogP contribution in [-0.4, -0.2) is 24.8 Å². The number of esters is 1. The number of amides is 1. The molecule has 0 aliphatic carbocycles. The highest BCUT2D eigenvalue weighted by molar-refractivity contribution is 9.10. The molecule has 2 aromatic rings. The molecule has 0 heterocycles. The van der Waals surface area contributed by atoms with Gasteiger partial charge in [-0.1, -0.05) is 15.9 Å². The molecular formula is C19H20BrFN2O4. The second-order valence-electron chi connectivity index (χ2n) is 6.63. The molecule has 0 atom stereocenters. The molecule has 0 aromatic heterocycles. The van der Waals surface area contributed by atoms with Crippen molar-refractivity contribution >= 4 is 45.1 Å². The smallest absolute Gasteiger partial charge is 0.412 e. The van der Waals surface area contributed by atoms with E-state index in [-0.39, 0.29) is 5.69 Å². The van der Waals surface area contributed by atoms with E-state index >= 15 is 0 Å². The number of rotatable bonds is 4. The van der Waals surface area contributed by atoms with E-state index in [0.29, 0.717) is 16.9 Å². The standard InChI is InChI=1S/C19H20BrFN2O4/c1-19(2,3)27-18(25)23-15-8-6-12(10-14(15)21)22-16-9-11(20)5-7-13(16)17(24)26-4/h5-10,22H,1-4H3,(H,23,25). The summed E-state index contributed by atoms with van der Waals surface area (Å²) in [6.45, 7) is 5.15. The second-order valence-corrected chi connectivity index (χ2v) is 7.54. The normalized spacial score (nSPS) is 10.9. The molecule has 0 aliphatic rings. The SMILES string of the molecule is COC(=O)c1ccc(Br)cc1Nc1ccc(NC(=O)OC(C)(C)C)c(F)c1. The molecule has 0 spiro atoms. The molecule has 2 aromatic carbocycles. The van der Waals surface area contributed by atoms with Crippen molar-refractivity contribution in [1.82, 2.24) is 0 Å². The Labute approximate surface area is 165 Å². The molecule has 0 fully saturated rings. The lowest BCUT2D eigenvalue weighted by atomic mass is 10.1. The molecule has 0 aliphatic heterocycles. The van der Waals surface area contributed by atoms with Crippen LogP contribution in [0.15, 0.2) is 40.9 Å². The predicted octanol–water partition coefficient (Wildman–Crippen LogP) is 5.47. The fourth-order valence-corrected chi connectivity index (χ4v) is 2.53. The molecule has 1 amide bonds. The maximum absolute atomic E-state index is 14.3. The van der Waals surface area contributed by atoms with Crippen LogP contribution in [-0.2, 0) is 9.47 Å². The largest absolute Gasteiger partial charge is 0.465 e. The van der Waals surface area contributed by atoms with Crippen molar-refractivity contribution in [2.24, 2.45) is 0 Å². The number of carbonyl (C=O) groups is 2. The topological polar surface area (TPSA) is 76.7 Å². The molecule has 0 saturated carbocycles. The highest BCUT2D eigenvalue weighted by atomic mass is 79.9. The lowest BCUT2D eigenvalue weighted by Gasteiger charge is -2.20. The summed E-state index contributed by atoms with van der Waals surface area (Å²) in [5.74, 6) is -1.17. The van der Waals surface area contributed by atoms with E-state index in [1.807, 2.05) is 0 Å². The van der Waals surface area contributed by atoms with Crippen LogP contribution in [0.3, 0.4) is 0 Å². The molecule has 6 nitrogen and oxygen atoms in total. The summed E-state index contributed by atoms with van der Waals surface area (Å²) in [4.78, 5) is 23.7. The molecule has 8 heteroatoms. The molecule has 0 unspecified atom stereocenters. The van der Waals surface area contributed by atoms with Crippen molar-refractivity contribution in [3.63, 3.8) is 0 Å². The molecule has 144 valence electrons. The maximum atomic E-state index is 14.3. The summed E-state index contributed by atoms with van der Waals surface area (Å²) in [6.07, 6.45) is -0.748. The monoisotopic (exact) mass is 438 g/mol. The highest BCUT2D eigenvalue weighted by Gasteiger charge is 2.18. The Morgan fingerprint density at radius 1 is 1.07 bits per heavy atom. The van der Waals surface area contributed by atoms with E-state index in [2.05, 4.69) is 26.6 Å². The lowest BCUT2D eigenvalue weighted by Crippen LogP contribution is -2.27. The van der Waals surface area contributed by atoms with Crippen molar-refractivity contribution in [2.45, 2.75) is 26.4 Å². The number of nitrogens with one attached hydrogen (secondary N) is 2. The van der Waals surface area contributed by atoms with E-state index in [4.69, 9.17) is 9.47 Å². The van der Waals surface area contributed by atoms with Gasteiger partial charge in [-0.05, 0) is 57.2 Å². The molecule has 27 heavy (non-hydrogen) atoms. The van der Waals surface area contributed by atoms with Crippen LogP contribution in [0, 0.1) is 5.82 Å². The first kappa shape index (κ1) is 20.7. The van der Waals surface area contributed by atoms with Gasteiger partial charge in [-0.3, -0.25) is 5.32 Å². The van der Waals surface area contributed by atoms with Gasteiger partial charge in [-0.25, -0.2) is 14.0 Å². The number of benzene rings is 2. The van der Waals surface area contributed by atoms with E-state index in [1.165, 1.54) is 19.2 Å². The van der Waals surface area contributed by atoms with Crippen LogP contribution in [0.5, 0.6) is 0 Å². The first-order chi connectivity index (χ1) is 12.6. The van der Waals surface area contributed by atoms with Gasteiger partial charge in [0.2, 0.25) is 0 Å². The average molecular weight is 439 g/mol. The zero-order valence-corrected chi connectivity index (χ0v) is 16.9. The minimum absolute atomic E-state index is 0.0165. The van der Waals surface area contributed by atoms with Crippen LogP contribution < -0.4 is 10.6 Å². The first-order valence-corrected chi connectivity index (χ1v) is 8.83. The van der Waals surface area contributed by atoms with Gasteiger partial charge >= 0.3 is 12.1 Å². The number of halogens is 2. The Morgan fingerprint density at radius 2 is 1.78 bits per heavy atom. The van der Waals surface area contributed by atoms with Gasteiger partial charge in [0.25, 0.3) is 0 Å². The Morgan fingerprint density at radius 3 is 2.37 bits per heavy atom. The Balaban J connectivity index is 2.20. The van der Waals surface area contributed by atoms with Crippen LogP contribution in [0.1, 0.15) is 31.1 Å². The molecule has 2 rings (SSSR count). The minimum Gasteiger partial charge on any atom is -0.465 e. The summed E-state index contributed by atoms with van der Waals surface area (Å²) in [6, 6.07) is 9.14. The van der Waals surface area contributed by atoms with Crippen LogP contribution in [0.2, 0.25) is 0 Å². The quantitative estimate of drug-likeness (QED) is 0.619. The number of hydrogen-bond acceptors (Lipinski definition) is 5. The van der Waals surface area contributed by atoms with Gasteiger partial charge in [0.15, 0.2) is 0 Å². The summed E-state index contributed by atoms with van der Waals surface area (Å²) in [5, 5.41) is 5.33. The number of carbonyl (C=O) groups excluding carboxylic acids is 2. The third-order valence-electron chi connectivity index (χ3n) is 3.27. The van der Waals surface area contributed by atoms with Gasteiger partial charge in [0.1, 0.15) is 11.4 Å². The second kappa shape index (κ2) is 8.39. The van der Waals surface area contributed by atoms with Gasteiger partial charge in [0.05, 0.1) is 24.0 Å². The summed E-state index contributed by atoms with van der Waals surface area (Å²) in [5.41, 5.74) is 0.441. The molecular weight excluding hydrogens is 419 g/mol. The average Bonchev–Trinajstić information content (AvgIpc) is 2.55. The van der Waals surface area contributed by atoms with Gasteiger partial charge < -0.3 is 14.8 Å². The number of ether oxygens (including phenoxy) is 2. The Kier molecular flexibility index (Phi) is 6.43. The highest BCUT2D eigenvalue weighted by Crippen LogP contribution is 2.28. The van der Waals surface area contributed by atoms with Crippen LogP contribution in [0.25, 0.3) is 0 Å². The van der Waals surface area contributed by atoms with Crippen molar-refractivity contribution in [3.05, 3.63) is 52.3 Å². The predicted molar refractivity (Wildman–Crippen MR) is 105 cm³/mol. The van der Waals surface area contributed by atoms with Gasteiger partial charge in [-0.2, -0.15) is 0 Å². The van der Waals surface area contributed by atoms with Gasteiger partial charge in [0, 0.05) is 10.2 Å². The molecule has 0 saturated heterocycles. The van der Waals surface area contributed by atoms with Crippen LogP contribution >= 0.6 is 15.9 Å². The number of anilines is 3. The van der Waals surface area contributed by atoms with Crippen LogP contribution in [0.4, 0.5) is 26.2 Å². The fourth-order valence-electron chi connectivity index (χ4n) is 2.17. The third-order valence-corrected chi connectivity index (χ3v) is 3.76. The molecule has 0 bridgehead atoms. The van der Waals surface area contributed by atoms with E-state index < -0.39 is 23.5 Å². The minimum atomic E-state index is -0.748. The van der Waals surface area contributed by atoms with Crippen molar-refractivity contribution in [3.8, 4) is 0 Å². The van der Waals surface area contributed by atoms with E-state index in [0.717, 1.165) is 4.47 Å². The molecule has 2 N–H and O–H groups in total. The summed E-state index contributed by atoms with van der Waals surface area (Å²) in [7, 11) is 1.28.